The maximum Gasteiger partial charge on any atom is 0.359 e. The summed E-state index contributed by atoms with van der Waals surface area (Å²) in [7, 11) is -3.37. The number of ether oxygens (including phenoxy) is 1. The lowest BCUT2D eigenvalue weighted by atomic mass is 10.2. The lowest BCUT2D eigenvalue weighted by molar-refractivity contribution is 0.0572. The van der Waals surface area contributed by atoms with Crippen molar-refractivity contribution in [3.8, 4) is 27.0 Å². The van der Waals surface area contributed by atoms with E-state index in [2.05, 4.69) is 15.3 Å². The van der Waals surface area contributed by atoms with Crippen LogP contribution in [0.25, 0.3) is 27.0 Å². The van der Waals surface area contributed by atoms with E-state index in [1.165, 1.54) is 33.8 Å². The molecule has 2 aromatic carbocycles. The second kappa shape index (κ2) is 9.64. The number of aromatic nitrogens is 4. The zero-order chi connectivity index (χ0) is 23.6. The number of thioether (sulfide) groups is 1. The number of sulfone groups is 1. The Morgan fingerprint density at radius 3 is 2.61 bits per heavy atom. The highest BCUT2D eigenvalue weighted by molar-refractivity contribution is 7.98. The van der Waals surface area contributed by atoms with E-state index in [9.17, 15) is 13.2 Å². The summed E-state index contributed by atoms with van der Waals surface area (Å²) < 4.78 is 30.5. The smallest absolute Gasteiger partial charge is 0.359 e. The Hall–Kier alpha value is -2.73. The van der Waals surface area contributed by atoms with Gasteiger partial charge in [-0.25, -0.2) is 17.9 Å². The fraction of sp³-hybridized carbons (Fsp3) is 0.143. The van der Waals surface area contributed by atoms with E-state index >= 15 is 0 Å². The number of nitrogens with zero attached hydrogens (tertiary/aromatic N) is 4. The quantitative estimate of drug-likeness (QED) is 0.257. The van der Waals surface area contributed by atoms with E-state index in [0.29, 0.717) is 32.0 Å². The van der Waals surface area contributed by atoms with Crippen molar-refractivity contribution in [1.29, 1.82) is 0 Å². The van der Waals surface area contributed by atoms with Crippen LogP contribution in [0.4, 0.5) is 0 Å². The third-order valence-corrected chi connectivity index (χ3v) is 7.24. The first-order chi connectivity index (χ1) is 15.8. The molecular weight excluding hydrogens is 504 g/mol. The number of halogens is 1. The Morgan fingerprint density at radius 1 is 1.12 bits per heavy atom. The van der Waals surface area contributed by atoms with Crippen molar-refractivity contribution in [2.45, 2.75) is 4.90 Å². The molecule has 0 unspecified atom stereocenters. The zero-order valence-corrected chi connectivity index (χ0v) is 20.6. The van der Waals surface area contributed by atoms with Gasteiger partial charge in [0.1, 0.15) is 16.6 Å². The molecule has 0 fully saturated rings. The van der Waals surface area contributed by atoms with Crippen LogP contribution in [-0.2, 0) is 14.6 Å². The van der Waals surface area contributed by atoms with E-state index in [1.54, 1.807) is 48.5 Å². The van der Waals surface area contributed by atoms with Crippen LogP contribution in [0.2, 0.25) is 5.02 Å². The molecule has 0 saturated carbocycles. The second-order valence-corrected chi connectivity index (χ2v) is 11.0. The maximum atomic E-state index is 12.4. The van der Waals surface area contributed by atoms with Crippen molar-refractivity contribution in [3.05, 3.63) is 65.3 Å². The summed E-state index contributed by atoms with van der Waals surface area (Å²) in [6.07, 6.45) is 2.97. The number of benzene rings is 2. The number of rotatable bonds is 7. The highest BCUT2D eigenvalue weighted by Crippen LogP contribution is 2.34. The van der Waals surface area contributed by atoms with Gasteiger partial charge in [0.2, 0.25) is 0 Å². The van der Waals surface area contributed by atoms with E-state index in [1.807, 2.05) is 6.26 Å². The van der Waals surface area contributed by atoms with Gasteiger partial charge in [0, 0.05) is 17.9 Å². The van der Waals surface area contributed by atoms with Crippen molar-refractivity contribution >= 4 is 50.5 Å². The molecule has 0 aliphatic rings. The van der Waals surface area contributed by atoms with E-state index in [4.69, 9.17) is 16.3 Å². The fourth-order valence-electron chi connectivity index (χ4n) is 2.93. The summed E-state index contributed by atoms with van der Waals surface area (Å²) >= 11 is 8.99. The molecule has 0 atom stereocenters. The summed E-state index contributed by atoms with van der Waals surface area (Å²) in [6, 6.07) is 15.2. The number of para-hydroxylation sites is 1. The van der Waals surface area contributed by atoms with Gasteiger partial charge in [-0.1, -0.05) is 47.2 Å². The molecule has 0 amide bonds. The molecule has 12 heteroatoms. The van der Waals surface area contributed by atoms with Crippen molar-refractivity contribution in [2.75, 3.05) is 18.5 Å². The molecule has 33 heavy (non-hydrogen) atoms. The zero-order valence-electron chi connectivity index (χ0n) is 17.4. The van der Waals surface area contributed by atoms with Crippen LogP contribution >= 0.6 is 34.7 Å². The van der Waals surface area contributed by atoms with Gasteiger partial charge in [0.15, 0.2) is 20.5 Å². The third-order valence-electron chi connectivity index (χ3n) is 4.46. The van der Waals surface area contributed by atoms with Gasteiger partial charge in [-0.05, 0) is 30.5 Å². The molecule has 0 spiro atoms. The fourth-order valence-corrected chi connectivity index (χ4v) is 4.88. The molecule has 0 bridgehead atoms. The standard InChI is InChI=1S/C21H17ClN4O4S3/c1-31-12-30-21(27)16-11-18(26(25-16)17-9-4-3-8-15(17)22)20-24-23-19(32-20)13-6-5-7-14(10-13)33(2,28)29/h3-11H,12H2,1-2H3. The molecule has 8 nitrogen and oxygen atoms in total. The van der Waals surface area contributed by atoms with Crippen molar-refractivity contribution < 1.29 is 17.9 Å². The Balaban J connectivity index is 1.79. The van der Waals surface area contributed by atoms with E-state index in [-0.39, 0.29) is 16.5 Å². The molecule has 4 aromatic rings. The van der Waals surface area contributed by atoms with Gasteiger partial charge in [-0.15, -0.1) is 22.0 Å². The minimum atomic E-state index is -3.37. The van der Waals surface area contributed by atoms with Crippen LogP contribution in [-0.4, -0.2) is 52.8 Å². The number of hydrogen-bond donors (Lipinski definition) is 0. The largest absolute Gasteiger partial charge is 0.450 e. The molecule has 2 heterocycles. The Labute approximate surface area is 203 Å². The molecule has 4 rings (SSSR count). The topological polar surface area (TPSA) is 104 Å². The number of carbonyl (C=O) groups is 1. The van der Waals surface area contributed by atoms with E-state index < -0.39 is 15.8 Å². The highest BCUT2D eigenvalue weighted by Gasteiger charge is 2.22. The average Bonchev–Trinajstić information content (AvgIpc) is 3.45. The first kappa shape index (κ1) is 23.4. The monoisotopic (exact) mass is 520 g/mol. The first-order valence-electron chi connectivity index (χ1n) is 9.43. The predicted octanol–water partition coefficient (Wildman–Crippen LogP) is 4.59. The van der Waals surface area contributed by atoms with Gasteiger partial charge >= 0.3 is 5.97 Å². The summed E-state index contributed by atoms with van der Waals surface area (Å²) in [5.41, 5.74) is 1.79. The van der Waals surface area contributed by atoms with Crippen LogP contribution in [0.5, 0.6) is 0 Å². The second-order valence-electron chi connectivity index (χ2n) is 6.83. The summed E-state index contributed by atoms with van der Waals surface area (Å²) in [5.74, 6) is -0.366. The summed E-state index contributed by atoms with van der Waals surface area (Å²) in [6.45, 7) is 0. The summed E-state index contributed by atoms with van der Waals surface area (Å²) in [5, 5.41) is 14.3. The normalized spacial score (nSPS) is 11.5. The van der Waals surface area contributed by atoms with Gasteiger partial charge in [-0.2, -0.15) is 5.10 Å². The number of hydrogen-bond acceptors (Lipinski definition) is 9. The highest BCUT2D eigenvalue weighted by atomic mass is 35.5. The Morgan fingerprint density at radius 2 is 1.88 bits per heavy atom. The van der Waals surface area contributed by atoms with Crippen LogP contribution < -0.4 is 0 Å². The lowest BCUT2D eigenvalue weighted by Gasteiger charge is -2.07. The molecular formula is C21H17ClN4O4S3. The van der Waals surface area contributed by atoms with Gasteiger partial charge in [-0.3, -0.25) is 0 Å². The lowest BCUT2D eigenvalue weighted by Crippen LogP contribution is -2.07. The Kier molecular flexibility index (Phi) is 6.84. The minimum Gasteiger partial charge on any atom is -0.450 e. The maximum absolute atomic E-state index is 12.4. The van der Waals surface area contributed by atoms with Gasteiger partial charge in [0.05, 0.1) is 15.6 Å². The SMILES string of the molecule is CSCOC(=O)c1cc(-c2nnc(-c3cccc(S(C)(=O)=O)c3)s2)n(-c2ccccc2Cl)n1. The molecule has 0 N–H and O–H groups in total. The third kappa shape index (κ3) is 5.11. The Bertz CT molecular complexity index is 1430. The minimum absolute atomic E-state index is 0.106. The van der Waals surface area contributed by atoms with Crippen LogP contribution in [0.1, 0.15) is 10.5 Å². The predicted molar refractivity (Wildman–Crippen MR) is 130 cm³/mol. The van der Waals surface area contributed by atoms with Crippen LogP contribution in [0, 0.1) is 0 Å². The molecule has 0 aliphatic carbocycles. The number of esters is 1. The molecule has 0 radical (unpaired) electrons. The van der Waals surface area contributed by atoms with Crippen molar-refractivity contribution in [2.24, 2.45) is 0 Å². The van der Waals surface area contributed by atoms with Crippen molar-refractivity contribution in [3.63, 3.8) is 0 Å². The van der Waals surface area contributed by atoms with E-state index in [0.717, 1.165) is 6.26 Å². The van der Waals surface area contributed by atoms with Gasteiger partial charge in [0.25, 0.3) is 0 Å². The number of carbonyl (C=O) groups excluding carboxylic acids is 1. The van der Waals surface area contributed by atoms with Gasteiger partial charge < -0.3 is 4.74 Å². The molecule has 2 aromatic heterocycles. The van der Waals surface area contributed by atoms with Crippen LogP contribution in [0.3, 0.4) is 0 Å². The molecule has 0 saturated heterocycles. The molecule has 0 aliphatic heterocycles. The average molecular weight is 521 g/mol. The molecule has 170 valence electrons. The summed E-state index contributed by atoms with van der Waals surface area (Å²) in [4.78, 5) is 12.6. The van der Waals surface area contributed by atoms with Crippen molar-refractivity contribution in [1.82, 2.24) is 20.0 Å². The first-order valence-corrected chi connectivity index (χ1v) is 13.9. The van der Waals surface area contributed by atoms with Crippen LogP contribution in [0.15, 0.2) is 59.5 Å².